The van der Waals surface area contributed by atoms with Gasteiger partial charge in [-0.15, -0.1) is 0 Å². The van der Waals surface area contributed by atoms with Crippen LogP contribution < -0.4 is 0 Å². The van der Waals surface area contributed by atoms with Crippen molar-refractivity contribution in [2.75, 3.05) is 6.61 Å². The fourth-order valence-electron chi connectivity index (χ4n) is 4.09. The number of fused-ring (bicyclic) bond motifs is 1. The molecule has 2 fully saturated rings. The topological polar surface area (TPSA) is 72.9 Å². The van der Waals surface area contributed by atoms with E-state index in [9.17, 15) is 80.2 Å². The number of rotatable bonds is 8. The average Bonchev–Trinajstić information content (AvgIpc) is 2.88. The van der Waals surface area contributed by atoms with Gasteiger partial charge in [-0.3, -0.25) is 19.2 Å². The highest BCUT2D eigenvalue weighted by molar-refractivity contribution is 6.16. The van der Waals surface area contributed by atoms with Crippen LogP contribution in [0.1, 0.15) is 32.6 Å². The maximum Gasteiger partial charge on any atom is 0.452 e. The van der Waals surface area contributed by atoms with Gasteiger partial charge in [0.25, 0.3) is 23.4 Å². The van der Waals surface area contributed by atoms with Gasteiger partial charge in [0.05, 0.1) is 0 Å². The number of hydrogen-bond acceptors (Lipinski definition) is 5. The molecule has 244 valence electrons. The standard InChI is InChI=1S/C19H14F17NO5/c1-11(20,18(31,32)33)7(37-9(39)12(21)3-2-4-13(22,23)17(12,30)10(37)40)8(38)41-6-14(24,19(34,35)36)42-16(28,29)5-15(25,26)27/h7H,2-6H2,1H3. The molecule has 2 aliphatic rings. The Morgan fingerprint density at radius 1 is 0.833 bits per heavy atom. The highest BCUT2D eigenvalue weighted by Gasteiger charge is 2.85. The number of hydrogen-bond donors (Lipinski definition) is 0. The lowest BCUT2D eigenvalue weighted by molar-refractivity contribution is -0.428. The van der Waals surface area contributed by atoms with Gasteiger partial charge < -0.3 is 4.74 Å². The molecule has 2 rings (SSSR count). The number of ether oxygens (including phenoxy) is 2. The van der Waals surface area contributed by atoms with Crippen LogP contribution in [-0.2, 0) is 23.9 Å². The third-order valence-corrected chi connectivity index (χ3v) is 6.22. The van der Waals surface area contributed by atoms with E-state index in [0.29, 0.717) is 0 Å². The van der Waals surface area contributed by atoms with E-state index in [2.05, 4.69) is 9.47 Å². The summed E-state index contributed by atoms with van der Waals surface area (Å²) in [5, 5.41) is 0. The smallest absolute Gasteiger partial charge is 0.452 e. The van der Waals surface area contributed by atoms with E-state index in [0.717, 1.165) is 0 Å². The molecule has 1 heterocycles. The van der Waals surface area contributed by atoms with E-state index in [1.807, 2.05) is 0 Å². The molecule has 0 aromatic rings. The molecule has 5 unspecified atom stereocenters. The lowest BCUT2D eigenvalue weighted by Gasteiger charge is -2.39. The van der Waals surface area contributed by atoms with E-state index >= 15 is 8.78 Å². The molecule has 5 atom stereocenters. The van der Waals surface area contributed by atoms with E-state index < -0.39 is 121 Å². The molecule has 0 aromatic heterocycles. The van der Waals surface area contributed by atoms with E-state index in [4.69, 9.17) is 0 Å². The Balaban J connectivity index is 2.60. The summed E-state index contributed by atoms with van der Waals surface area (Å²) < 4.78 is 237. The number of esters is 1. The van der Waals surface area contributed by atoms with Gasteiger partial charge in [-0.1, -0.05) is 0 Å². The number of amides is 2. The summed E-state index contributed by atoms with van der Waals surface area (Å²) in [6, 6.07) is -4.58. The molecule has 0 bridgehead atoms. The summed E-state index contributed by atoms with van der Waals surface area (Å²) >= 11 is 0. The molecule has 6 nitrogen and oxygen atoms in total. The Kier molecular flexibility index (Phi) is 8.44. The van der Waals surface area contributed by atoms with Crippen LogP contribution in [-0.4, -0.2) is 88.8 Å². The van der Waals surface area contributed by atoms with Crippen LogP contribution in [0.3, 0.4) is 0 Å². The van der Waals surface area contributed by atoms with Gasteiger partial charge >= 0.3 is 36.5 Å². The van der Waals surface area contributed by atoms with Crippen molar-refractivity contribution in [3.8, 4) is 0 Å². The molecule has 42 heavy (non-hydrogen) atoms. The maximum atomic E-state index is 15.3. The molecule has 1 saturated carbocycles. The summed E-state index contributed by atoms with van der Waals surface area (Å²) in [5.41, 5.74) is -15.7. The fourth-order valence-corrected chi connectivity index (χ4v) is 4.09. The van der Waals surface area contributed by atoms with Crippen molar-refractivity contribution in [2.45, 2.75) is 92.1 Å². The molecule has 0 radical (unpaired) electrons. The summed E-state index contributed by atoms with van der Waals surface area (Å²) in [6.07, 6.45) is -33.8. The number of imide groups is 1. The van der Waals surface area contributed by atoms with Crippen LogP contribution in [0.2, 0.25) is 0 Å². The predicted molar refractivity (Wildman–Crippen MR) is 95.2 cm³/mol. The monoisotopic (exact) mass is 659 g/mol. The maximum absolute atomic E-state index is 15.3. The van der Waals surface area contributed by atoms with Crippen molar-refractivity contribution in [3.05, 3.63) is 0 Å². The van der Waals surface area contributed by atoms with Crippen molar-refractivity contribution >= 4 is 17.8 Å². The highest BCUT2D eigenvalue weighted by atomic mass is 19.4. The summed E-state index contributed by atoms with van der Waals surface area (Å²) in [7, 11) is 0. The van der Waals surface area contributed by atoms with Gasteiger partial charge in [0.2, 0.25) is 11.3 Å². The van der Waals surface area contributed by atoms with Crippen molar-refractivity contribution in [1.82, 2.24) is 4.90 Å². The zero-order valence-electron chi connectivity index (χ0n) is 20.0. The molecule has 0 spiro atoms. The first-order valence-corrected chi connectivity index (χ1v) is 10.8. The molecular weight excluding hydrogens is 645 g/mol. The van der Waals surface area contributed by atoms with Crippen molar-refractivity contribution < 1.29 is 98.5 Å². The number of carbonyl (C=O) groups excluding carboxylic acids is 3. The SMILES string of the molecule is CC(F)(C(C(=O)OCC(F)(OC(F)(F)CC(F)(F)F)C(F)(F)F)N1C(=O)C2(F)CCCC(F)(F)C2(F)C1=O)C(F)(F)F. The molecular formula is C19H14F17NO5. The second-order valence-corrected chi connectivity index (χ2v) is 9.34. The predicted octanol–water partition coefficient (Wildman–Crippen LogP) is 5.58. The Bertz CT molecular complexity index is 1100. The van der Waals surface area contributed by atoms with Gasteiger partial charge in [0.1, 0.15) is 6.42 Å². The number of likely N-dealkylation sites (tertiary alicyclic amines) is 1. The normalized spacial score (nSPS) is 29.0. The highest BCUT2D eigenvalue weighted by Crippen LogP contribution is 2.58. The van der Waals surface area contributed by atoms with Gasteiger partial charge in [-0.05, 0) is 19.8 Å². The molecule has 0 N–H and O–H groups in total. The molecule has 1 saturated heterocycles. The van der Waals surface area contributed by atoms with Gasteiger partial charge in [0.15, 0.2) is 12.6 Å². The second-order valence-electron chi connectivity index (χ2n) is 9.34. The molecule has 2 amide bonds. The number of halogens is 17. The van der Waals surface area contributed by atoms with Crippen molar-refractivity contribution in [2.24, 2.45) is 0 Å². The zero-order chi connectivity index (χ0) is 33.3. The third kappa shape index (κ3) is 5.67. The first-order valence-electron chi connectivity index (χ1n) is 10.8. The number of nitrogens with zero attached hydrogens (tertiary/aromatic N) is 1. The minimum atomic E-state index is -6.91. The Labute approximate surface area is 221 Å². The van der Waals surface area contributed by atoms with Crippen molar-refractivity contribution in [3.63, 3.8) is 0 Å². The van der Waals surface area contributed by atoms with E-state index in [1.54, 1.807) is 0 Å². The van der Waals surface area contributed by atoms with Crippen LogP contribution in [0.5, 0.6) is 0 Å². The van der Waals surface area contributed by atoms with Gasteiger partial charge in [-0.25, -0.2) is 26.7 Å². The van der Waals surface area contributed by atoms with Crippen LogP contribution >= 0.6 is 0 Å². The second kappa shape index (κ2) is 9.96. The van der Waals surface area contributed by atoms with Gasteiger partial charge in [0, 0.05) is 6.42 Å². The fraction of sp³-hybridized carbons (Fsp3) is 0.842. The van der Waals surface area contributed by atoms with Crippen LogP contribution in [0.4, 0.5) is 74.6 Å². The summed E-state index contributed by atoms with van der Waals surface area (Å²) in [4.78, 5) is 35.6. The largest absolute Gasteiger partial charge is 0.458 e. The third-order valence-electron chi connectivity index (χ3n) is 6.22. The minimum absolute atomic E-state index is 0.810. The first kappa shape index (κ1) is 35.6. The van der Waals surface area contributed by atoms with Crippen molar-refractivity contribution in [1.29, 1.82) is 0 Å². The summed E-state index contributed by atoms with van der Waals surface area (Å²) in [5.74, 6) is -21.3. The van der Waals surface area contributed by atoms with Crippen LogP contribution in [0.15, 0.2) is 0 Å². The average molecular weight is 659 g/mol. The van der Waals surface area contributed by atoms with E-state index in [-0.39, 0.29) is 0 Å². The molecule has 23 heteroatoms. The minimum Gasteiger partial charge on any atom is -0.458 e. The lowest BCUT2D eigenvalue weighted by atomic mass is 9.73. The van der Waals surface area contributed by atoms with E-state index in [1.165, 1.54) is 0 Å². The Morgan fingerprint density at radius 3 is 1.74 bits per heavy atom. The zero-order valence-corrected chi connectivity index (χ0v) is 20.0. The molecule has 0 aromatic carbocycles. The lowest BCUT2D eigenvalue weighted by Crippen LogP contribution is -2.65. The van der Waals surface area contributed by atoms with Gasteiger partial charge in [-0.2, -0.15) is 52.7 Å². The Morgan fingerprint density at radius 2 is 1.33 bits per heavy atom. The van der Waals surface area contributed by atoms with Crippen LogP contribution in [0, 0.1) is 0 Å². The molecule has 1 aliphatic carbocycles. The summed E-state index contributed by atoms with van der Waals surface area (Å²) in [6.45, 7) is -4.31. The molecule has 1 aliphatic heterocycles. The first-order chi connectivity index (χ1) is 18.3. The quantitative estimate of drug-likeness (QED) is 0.193. The number of carbonyl (C=O) groups is 3. The number of alkyl halides is 17. The van der Waals surface area contributed by atoms with Crippen LogP contribution in [0.25, 0.3) is 0 Å². The Hall–Kier alpha value is -2.62.